The van der Waals surface area contributed by atoms with E-state index in [1.807, 2.05) is 0 Å². The van der Waals surface area contributed by atoms with Gasteiger partial charge in [0.15, 0.2) is 5.03 Å². The van der Waals surface area contributed by atoms with Crippen LogP contribution in [-0.2, 0) is 19.6 Å². The molecule has 1 aromatic heterocycles. The van der Waals surface area contributed by atoms with Crippen molar-refractivity contribution in [2.45, 2.75) is 30.8 Å². The Morgan fingerprint density at radius 1 is 1.52 bits per heavy atom. The van der Waals surface area contributed by atoms with E-state index in [4.69, 9.17) is 4.74 Å². The van der Waals surface area contributed by atoms with Gasteiger partial charge in [-0.1, -0.05) is 0 Å². The van der Waals surface area contributed by atoms with E-state index in [1.165, 1.54) is 13.3 Å². The van der Waals surface area contributed by atoms with Gasteiger partial charge < -0.3 is 14.6 Å². The van der Waals surface area contributed by atoms with Crippen LogP contribution in [0, 0.1) is 6.92 Å². The molecule has 0 radical (unpaired) electrons. The highest BCUT2D eigenvalue weighted by molar-refractivity contribution is 7.89. The molecule has 1 amide bonds. The van der Waals surface area contributed by atoms with E-state index in [0.717, 1.165) is 0 Å². The lowest BCUT2D eigenvalue weighted by Crippen LogP contribution is -2.47. The van der Waals surface area contributed by atoms with E-state index in [1.54, 1.807) is 11.8 Å². The molecule has 9 heteroatoms. The number of likely N-dealkylation sites (tertiary alicyclic amines) is 1. The van der Waals surface area contributed by atoms with Crippen molar-refractivity contribution in [3.8, 4) is 0 Å². The SMILES string of the molecule is COCC(=O)N1CCC(NS(=O)(=O)c2cnc(C)[nH]2)CC1. The Labute approximate surface area is 123 Å². The number of hydrogen-bond acceptors (Lipinski definition) is 5. The summed E-state index contributed by atoms with van der Waals surface area (Å²) in [6, 6.07) is -0.176. The van der Waals surface area contributed by atoms with Crippen molar-refractivity contribution in [2.75, 3.05) is 26.8 Å². The molecule has 2 heterocycles. The number of aromatic amines is 1. The Morgan fingerprint density at radius 3 is 2.71 bits per heavy atom. The van der Waals surface area contributed by atoms with Crippen molar-refractivity contribution in [2.24, 2.45) is 0 Å². The van der Waals surface area contributed by atoms with Gasteiger partial charge in [0.1, 0.15) is 12.4 Å². The fourth-order valence-corrected chi connectivity index (χ4v) is 3.55. The minimum Gasteiger partial charge on any atom is -0.375 e. The predicted octanol–water partition coefficient (Wildman–Crippen LogP) is -0.366. The van der Waals surface area contributed by atoms with Crippen LogP contribution in [0.1, 0.15) is 18.7 Å². The summed E-state index contributed by atoms with van der Waals surface area (Å²) in [5.74, 6) is 0.485. The van der Waals surface area contributed by atoms with Gasteiger partial charge in [-0.05, 0) is 19.8 Å². The summed E-state index contributed by atoms with van der Waals surface area (Å²) >= 11 is 0. The number of hydrogen-bond donors (Lipinski definition) is 2. The third kappa shape index (κ3) is 4.02. The zero-order chi connectivity index (χ0) is 15.5. The highest BCUT2D eigenvalue weighted by atomic mass is 32.2. The van der Waals surface area contributed by atoms with Crippen molar-refractivity contribution < 1.29 is 17.9 Å². The van der Waals surface area contributed by atoms with Gasteiger partial charge in [-0.2, -0.15) is 0 Å². The topological polar surface area (TPSA) is 104 Å². The van der Waals surface area contributed by atoms with Crippen molar-refractivity contribution in [3.05, 3.63) is 12.0 Å². The molecule has 8 nitrogen and oxygen atoms in total. The molecule has 0 atom stereocenters. The van der Waals surface area contributed by atoms with Crippen molar-refractivity contribution in [1.29, 1.82) is 0 Å². The first-order valence-electron chi connectivity index (χ1n) is 6.73. The van der Waals surface area contributed by atoms with Gasteiger partial charge >= 0.3 is 0 Å². The van der Waals surface area contributed by atoms with Crippen molar-refractivity contribution in [1.82, 2.24) is 19.6 Å². The Balaban J connectivity index is 1.90. The standard InChI is InChI=1S/C12H20N4O4S/c1-9-13-7-11(14-9)21(18,19)15-10-3-5-16(6-4-10)12(17)8-20-2/h7,10,15H,3-6,8H2,1-2H3,(H,13,14). The quantitative estimate of drug-likeness (QED) is 0.771. The number of ether oxygens (including phenoxy) is 1. The number of aryl methyl sites for hydroxylation is 1. The number of H-pyrrole nitrogens is 1. The number of nitrogens with zero attached hydrogens (tertiary/aromatic N) is 2. The molecule has 2 rings (SSSR count). The van der Waals surface area contributed by atoms with E-state index >= 15 is 0 Å². The minimum absolute atomic E-state index is 0.0593. The maximum absolute atomic E-state index is 12.1. The average Bonchev–Trinajstić information content (AvgIpc) is 2.87. The van der Waals surface area contributed by atoms with E-state index in [-0.39, 0.29) is 23.6 Å². The highest BCUT2D eigenvalue weighted by Crippen LogP contribution is 2.14. The van der Waals surface area contributed by atoms with Crippen LogP contribution in [0.25, 0.3) is 0 Å². The van der Waals surface area contributed by atoms with Crippen LogP contribution in [0.15, 0.2) is 11.2 Å². The maximum Gasteiger partial charge on any atom is 0.257 e. The number of carbonyl (C=O) groups excluding carboxylic acids is 1. The van der Waals surface area contributed by atoms with Crippen LogP contribution in [-0.4, -0.2) is 62.0 Å². The lowest BCUT2D eigenvalue weighted by molar-refractivity contribution is -0.136. The second kappa shape index (κ2) is 6.54. The largest absolute Gasteiger partial charge is 0.375 e. The summed E-state index contributed by atoms with van der Waals surface area (Å²) in [7, 11) is -2.11. The molecule has 21 heavy (non-hydrogen) atoms. The van der Waals surface area contributed by atoms with Gasteiger partial charge in [0.25, 0.3) is 10.0 Å². The normalized spacial score (nSPS) is 17.1. The molecule has 0 aromatic carbocycles. The minimum atomic E-state index is -3.58. The molecule has 118 valence electrons. The van der Waals surface area contributed by atoms with Crippen LogP contribution in [0.3, 0.4) is 0 Å². The number of amides is 1. The van der Waals surface area contributed by atoms with Gasteiger partial charge in [0.05, 0.1) is 6.20 Å². The van der Waals surface area contributed by atoms with E-state index in [9.17, 15) is 13.2 Å². The van der Waals surface area contributed by atoms with Crippen LogP contribution in [0.4, 0.5) is 0 Å². The third-order valence-electron chi connectivity index (χ3n) is 3.41. The molecule has 0 saturated carbocycles. The van der Waals surface area contributed by atoms with Crippen LogP contribution in [0.5, 0.6) is 0 Å². The first-order chi connectivity index (χ1) is 9.92. The Kier molecular flexibility index (Phi) is 4.96. The summed E-state index contributed by atoms with van der Waals surface area (Å²) in [6.07, 6.45) is 2.47. The number of rotatable bonds is 5. The molecular formula is C12H20N4O4S. The molecule has 0 spiro atoms. The van der Waals surface area contributed by atoms with Gasteiger partial charge in [0.2, 0.25) is 5.91 Å². The number of methoxy groups -OCH3 is 1. The van der Waals surface area contributed by atoms with E-state index in [0.29, 0.717) is 31.8 Å². The monoisotopic (exact) mass is 316 g/mol. The molecular weight excluding hydrogens is 296 g/mol. The van der Waals surface area contributed by atoms with Crippen LogP contribution >= 0.6 is 0 Å². The molecule has 1 aromatic rings. The lowest BCUT2D eigenvalue weighted by Gasteiger charge is -2.31. The maximum atomic E-state index is 12.1. The fraction of sp³-hybridized carbons (Fsp3) is 0.667. The number of imidazole rings is 1. The fourth-order valence-electron chi connectivity index (χ4n) is 2.28. The van der Waals surface area contributed by atoms with Crippen molar-refractivity contribution in [3.63, 3.8) is 0 Å². The number of piperidine rings is 1. The zero-order valence-electron chi connectivity index (χ0n) is 12.1. The Hall–Kier alpha value is -1.45. The second-order valence-electron chi connectivity index (χ2n) is 5.04. The van der Waals surface area contributed by atoms with Gasteiger partial charge in [-0.25, -0.2) is 18.1 Å². The third-order valence-corrected chi connectivity index (χ3v) is 4.84. The van der Waals surface area contributed by atoms with E-state index in [2.05, 4.69) is 14.7 Å². The summed E-state index contributed by atoms with van der Waals surface area (Å²) in [5.41, 5.74) is 0. The molecule has 0 aliphatic carbocycles. The molecule has 1 fully saturated rings. The molecule has 1 saturated heterocycles. The Morgan fingerprint density at radius 2 is 2.19 bits per heavy atom. The molecule has 1 aliphatic heterocycles. The summed E-state index contributed by atoms with van der Waals surface area (Å²) in [4.78, 5) is 19.9. The number of aromatic nitrogens is 2. The Bertz CT molecular complexity index is 590. The summed E-state index contributed by atoms with van der Waals surface area (Å²) < 4.78 is 31.8. The summed E-state index contributed by atoms with van der Waals surface area (Å²) in [5, 5.41) is 0.0675. The number of sulfonamides is 1. The molecule has 2 N–H and O–H groups in total. The number of carbonyl (C=O) groups is 1. The van der Waals surface area contributed by atoms with Gasteiger partial charge in [-0.15, -0.1) is 0 Å². The lowest BCUT2D eigenvalue weighted by atomic mass is 10.1. The predicted molar refractivity (Wildman–Crippen MR) is 75.1 cm³/mol. The van der Waals surface area contributed by atoms with E-state index < -0.39 is 10.0 Å². The average molecular weight is 316 g/mol. The molecule has 0 unspecified atom stereocenters. The second-order valence-corrected chi connectivity index (χ2v) is 6.72. The zero-order valence-corrected chi connectivity index (χ0v) is 12.9. The first-order valence-corrected chi connectivity index (χ1v) is 8.21. The first kappa shape index (κ1) is 15.9. The molecule has 1 aliphatic rings. The number of nitrogens with one attached hydrogen (secondary N) is 2. The smallest absolute Gasteiger partial charge is 0.257 e. The van der Waals surface area contributed by atoms with Crippen LogP contribution < -0.4 is 4.72 Å². The van der Waals surface area contributed by atoms with Crippen LogP contribution in [0.2, 0.25) is 0 Å². The molecule has 0 bridgehead atoms. The van der Waals surface area contributed by atoms with Gasteiger partial charge in [0, 0.05) is 26.2 Å². The van der Waals surface area contributed by atoms with Gasteiger partial charge in [-0.3, -0.25) is 4.79 Å². The summed E-state index contributed by atoms with van der Waals surface area (Å²) in [6.45, 7) is 2.80. The highest BCUT2D eigenvalue weighted by Gasteiger charge is 2.27. The van der Waals surface area contributed by atoms with Crippen molar-refractivity contribution >= 4 is 15.9 Å².